The summed E-state index contributed by atoms with van der Waals surface area (Å²) in [6.45, 7) is 2.79. The summed E-state index contributed by atoms with van der Waals surface area (Å²) in [4.78, 5) is 14.6. The SMILES string of the molecule is CC1CC(c2ccccc2F)N(C(=O)CCc2ccccc2N)C1. The number of rotatable bonds is 4. The van der Waals surface area contributed by atoms with Gasteiger partial charge in [0, 0.05) is 24.2 Å². The van der Waals surface area contributed by atoms with E-state index in [0.717, 1.165) is 12.0 Å². The molecule has 1 aliphatic heterocycles. The highest BCUT2D eigenvalue weighted by molar-refractivity contribution is 5.77. The van der Waals surface area contributed by atoms with Crippen molar-refractivity contribution >= 4 is 11.6 Å². The Balaban J connectivity index is 1.73. The summed E-state index contributed by atoms with van der Waals surface area (Å²) >= 11 is 0. The van der Waals surface area contributed by atoms with Gasteiger partial charge in [0.15, 0.2) is 0 Å². The van der Waals surface area contributed by atoms with E-state index in [-0.39, 0.29) is 17.8 Å². The molecule has 0 spiro atoms. The van der Waals surface area contributed by atoms with Gasteiger partial charge in [0.1, 0.15) is 5.82 Å². The van der Waals surface area contributed by atoms with Crippen molar-refractivity contribution in [2.75, 3.05) is 12.3 Å². The normalized spacial score (nSPS) is 20.3. The summed E-state index contributed by atoms with van der Waals surface area (Å²) in [6.07, 6.45) is 1.81. The maximum Gasteiger partial charge on any atom is 0.223 e. The Morgan fingerprint density at radius 3 is 2.67 bits per heavy atom. The zero-order valence-corrected chi connectivity index (χ0v) is 13.9. The lowest BCUT2D eigenvalue weighted by atomic mass is 10.00. The smallest absolute Gasteiger partial charge is 0.223 e. The molecule has 1 heterocycles. The van der Waals surface area contributed by atoms with Gasteiger partial charge < -0.3 is 10.6 Å². The fourth-order valence-electron chi connectivity index (χ4n) is 3.51. The molecule has 2 aromatic carbocycles. The standard InChI is InChI=1S/C20H23FN2O/c1-14-12-19(16-7-3-4-8-17(16)21)23(13-14)20(24)11-10-15-6-2-5-9-18(15)22/h2-9,14,19H,10-13,22H2,1H3. The average Bonchev–Trinajstić information content (AvgIpc) is 2.96. The molecule has 2 aromatic rings. The first-order valence-electron chi connectivity index (χ1n) is 8.43. The van der Waals surface area contributed by atoms with Gasteiger partial charge in [0.05, 0.1) is 6.04 Å². The predicted molar refractivity (Wildman–Crippen MR) is 93.8 cm³/mol. The Bertz CT molecular complexity index is 731. The van der Waals surface area contributed by atoms with Gasteiger partial charge in [-0.2, -0.15) is 0 Å². The quantitative estimate of drug-likeness (QED) is 0.865. The summed E-state index contributed by atoms with van der Waals surface area (Å²) < 4.78 is 14.2. The van der Waals surface area contributed by atoms with Crippen molar-refractivity contribution < 1.29 is 9.18 Å². The van der Waals surface area contributed by atoms with Crippen LogP contribution in [-0.4, -0.2) is 17.4 Å². The second kappa shape index (κ2) is 7.04. The number of amides is 1. The number of anilines is 1. The first-order chi connectivity index (χ1) is 11.6. The first kappa shape index (κ1) is 16.5. The van der Waals surface area contributed by atoms with Gasteiger partial charge in [-0.25, -0.2) is 4.39 Å². The molecule has 0 bridgehead atoms. The van der Waals surface area contributed by atoms with Gasteiger partial charge in [-0.15, -0.1) is 0 Å². The van der Waals surface area contributed by atoms with Gasteiger partial charge in [0.25, 0.3) is 0 Å². The number of nitrogens with zero attached hydrogens (tertiary/aromatic N) is 1. The molecule has 1 aliphatic rings. The summed E-state index contributed by atoms with van der Waals surface area (Å²) in [6, 6.07) is 14.2. The lowest BCUT2D eigenvalue weighted by Crippen LogP contribution is -2.31. The van der Waals surface area contributed by atoms with Crippen LogP contribution in [-0.2, 0) is 11.2 Å². The molecule has 1 amide bonds. The summed E-state index contributed by atoms with van der Waals surface area (Å²) in [5, 5.41) is 0. The number of para-hydroxylation sites is 1. The molecule has 3 rings (SSSR count). The van der Waals surface area contributed by atoms with Gasteiger partial charge in [0.2, 0.25) is 5.91 Å². The highest BCUT2D eigenvalue weighted by Crippen LogP contribution is 2.36. The maximum absolute atomic E-state index is 14.2. The molecule has 1 saturated heterocycles. The topological polar surface area (TPSA) is 46.3 Å². The molecule has 2 unspecified atom stereocenters. The molecular formula is C20H23FN2O. The summed E-state index contributed by atoms with van der Waals surface area (Å²) in [5.74, 6) is 0.206. The fourth-order valence-corrected chi connectivity index (χ4v) is 3.51. The van der Waals surface area contributed by atoms with Gasteiger partial charge in [-0.05, 0) is 36.5 Å². The fraction of sp³-hybridized carbons (Fsp3) is 0.350. The van der Waals surface area contributed by atoms with Crippen LogP contribution >= 0.6 is 0 Å². The van der Waals surface area contributed by atoms with E-state index in [2.05, 4.69) is 6.92 Å². The predicted octanol–water partition coefficient (Wildman–Crippen LogP) is 3.95. The van der Waals surface area contributed by atoms with Crippen molar-refractivity contribution in [1.82, 2.24) is 4.90 Å². The largest absolute Gasteiger partial charge is 0.399 e. The lowest BCUT2D eigenvalue weighted by molar-refractivity contribution is -0.132. The third kappa shape index (κ3) is 3.42. The number of benzene rings is 2. The number of hydrogen-bond acceptors (Lipinski definition) is 2. The number of carbonyl (C=O) groups is 1. The lowest BCUT2D eigenvalue weighted by Gasteiger charge is -2.25. The number of aryl methyl sites for hydroxylation is 1. The molecule has 0 aliphatic carbocycles. The van der Waals surface area contributed by atoms with E-state index < -0.39 is 0 Å². The van der Waals surface area contributed by atoms with Gasteiger partial charge >= 0.3 is 0 Å². The van der Waals surface area contributed by atoms with Crippen molar-refractivity contribution in [3.63, 3.8) is 0 Å². The molecular weight excluding hydrogens is 303 g/mol. The number of carbonyl (C=O) groups excluding carboxylic acids is 1. The zero-order chi connectivity index (χ0) is 17.1. The number of hydrogen-bond donors (Lipinski definition) is 1. The molecule has 2 N–H and O–H groups in total. The molecule has 3 nitrogen and oxygen atoms in total. The second-order valence-corrected chi connectivity index (χ2v) is 6.62. The molecule has 24 heavy (non-hydrogen) atoms. The Hall–Kier alpha value is -2.36. The molecule has 4 heteroatoms. The molecule has 1 fully saturated rings. The molecule has 2 atom stereocenters. The van der Waals surface area contributed by atoms with E-state index in [1.807, 2.05) is 35.2 Å². The number of nitrogen functional groups attached to an aromatic ring is 1. The number of nitrogens with two attached hydrogens (primary N) is 1. The van der Waals surface area contributed by atoms with Crippen LogP contribution in [0.4, 0.5) is 10.1 Å². The van der Waals surface area contributed by atoms with Crippen LogP contribution in [0.2, 0.25) is 0 Å². The van der Waals surface area contributed by atoms with E-state index in [1.165, 1.54) is 6.07 Å². The minimum atomic E-state index is -0.235. The van der Waals surface area contributed by atoms with E-state index in [0.29, 0.717) is 36.6 Å². The Kier molecular flexibility index (Phi) is 4.84. The first-order valence-corrected chi connectivity index (χ1v) is 8.43. The van der Waals surface area contributed by atoms with Crippen molar-refractivity contribution in [2.45, 2.75) is 32.2 Å². The van der Waals surface area contributed by atoms with Crippen molar-refractivity contribution in [1.29, 1.82) is 0 Å². The van der Waals surface area contributed by atoms with Gasteiger partial charge in [-0.1, -0.05) is 43.3 Å². The van der Waals surface area contributed by atoms with E-state index >= 15 is 0 Å². The van der Waals surface area contributed by atoms with E-state index in [9.17, 15) is 9.18 Å². The van der Waals surface area contributed by atoms with Crippen LogP contribution in [0.1, 0.15) is 36.9 Å². The average molecular weight is 326 g/mol. The van der Waals surface area contributed by atoms with Crippen molar-refractivity contribution in [3.8, 4) is 0 Å². The summed E-state index contributed by atoms with van der Waals surface area (Å²) in [5.41, 5.74) is 8.27. The number of halogens is 1. The molecule has 0 saturated carbocycles. The van der Waals surface area contributed by atoms with Crippen LogP contribution in [0.3, 0.4) is 0 Å². The second-order valence-electron chi connectivity index (χ2n) is 6.62. The Morgan fingerprint density at radius 2 is 1.92 bits per heavy atom. The van der Waals surface area contributed by atoms with Crippen molar-refractivity contribution in [3.05, 3.63) is 65.5 Å². The molecule has 0 aromatic heterocycles. The van der Waals surface area contributed by atoms with Crippen LogP contribution < -0.4 is 5.73 Å². The highest BCUT2D eigenvalue weighted by atomic mass is 19.1. The molecule has 126 valence electrons. The third-order valence-corrected chi connectivity index (χ3v) is 4.76. The van der Waals surface area contributed by atoms with Crippen LogP contribution in [0.15, 0.2) is 48.5 Å². The van der Waals surface area contributed by atoms with E-state index in [4.69, 9.17) is 5.73 Å². The molecule has 0 radical (unpaired) electrons. The highest BCUT2D eigenvalue weighted by Gasteiger charge is 2.35. The maximum atomic E-state index is 14.2. The Morgan fingerprint density at radius 1 is 1.21 bits per heavy atom. The number of likely N-dealkylation sites (tertiary alicyclic amines) is 1. The minimum absolute atomic E-state index is 0.0656. The van der Waals surface area contributed by atoms with E-state index in [1.54, 1.807) is 12.1 Å². The Labute approximate surface area is 142 Å². The summed E-state index contributed by atoms with van der Waals surface area (Å²) in [7, 11) is 0. The van der Waals surface area contributed by atoms with Crippen LogP contribution in [0.5, 0.6) is 0 Å². The zero-order valence-electron chi connectivity index (χ0n) is 13.9. The minimum Gasteiger partial charge on any atom is -0.399 e. The van der Waals surface area contributed by atoms with Crippen LogP contribution in [0, 0.1) is 11.7 Å². The van der Waals surface area contributed by atoms with Crippen LogP contribution in [0.25, 0.3) is 0 Å². The van der Waals surface area contributed by atoms with Crippen molar-refractivity contribution in [2.24, 2.45) is 5.92 Å². The van der Waals surface area contributed by atoms with Gasteiger partial charge in [-0.3, -0.25) is 4.79 Å². The third-order valence-electron chi connectivity index (χ3n) is 4.76. The monoisotopic (exact) mass is 326 g/mol.